The van der Waals surface area contributed by atoms with Gasteiger partial charge in [0.05, 0.1) is 24.9 Å². The van der Waals surface area contributed by atoms with Gasteiger partial charge in [0, 0.05) is 6.54 Å². The second-order valence-corrected chi connectivity index (χ2v) is 6.72. The number of halogens is 1. The Kier molecular flexibility index (Phi) is 5.58. The smallest absolute Gasteiger partial charge is 0.410 e. The van der Waals surface area contributed by atoms with Gasteiger partial charge in [0.15, 0.2) is 5.15 Å². The largest absolute Gasteiger partial charge is 0.444 e. The average Bonchev–Trinajstić information content (AvgIpc) is 2.88. The first-order valence-electron chi connectivity index (χ1n) is 7.40. The summed E-state index contributed by atoms with van der Waals surface area (Å²) in [5.74, 6) is 0. The Balaban J connectivity index is 1.81. The van der Waals surface area contributed by atoms with E-state index in [1.807, 2.05) is 20.8 Å². The van der Waals surface area contributed by atoms with E-state index < -0.39 is 5.60 Å². The Bertz CT molecular complexity index is 502. The number of carbonyl (C=O) groups excluding carboxylic acids is 1. The van der Waals surface area contributed by atoms with Crippen LogP contribution in [0.5, 0.6) is 0 Å². The monoisotopic (exact) mass is 327 g/mol. The van der Waals surface area contributed by atoms with Gasteiger partial charge < -0.3 is 14.4 Å². The standard InChI is InChI=1S/C15H22ClN3O3/c1-15(2,3)22-14(20)19-8-4-5-12(19)10-21-9-11-6-7-13(16)18-17-11/h6-7,12H,4-5,8-10H2,1-3H3/t12-/m1/s1. The molecule has 0 aliphatic carbocycles. The maximum Gasteiger partial charge on any atom is 0.410 e. The number of aromatic nitrogens is 2. The highest BCUT2D eigenvalue weighted by Gasteiger charge is 2.32. The minimum Gasteiger partial charge on any atom is -0.444 e. The third-order valence-corrected chi connectivity index (χ3v) is 3.45. The molecule has 0 unspecified atom stereocenters. The molecule has 0 bridgehead atoms. The van der Waals surface area contributed by atoms with Gasteiger partial charge in [0.25, 0.3) is 0 Å². The van der Waals surface area contributed by atoms with Crippen molar-refractivity contribution in [3.05, 3.63) is 23.0 Å². The summed E-state index contributed by atoms with van der Waals surface area (Å²) in [6.07, 6.45) is 1.62. The molecule has 1 amide bonds. The van der Waals surface area contributed by atoms with Crippen LogP contribution in [0.15, 0.2) is 12.1 Å². The fourth-order valence-electron chi connectivity index (χ4n) is 2.29. The number of rotatable bonds is 4. The average molecular weight is 328 g/mol. The molecule has 0 N–H and O–H groups in total. The van der Waals surface area contributed by atoms with Gasteiger partial charge in [0.1, 0.15) is 5.60 Å². The second-order valence-electron chi connectivity index (χ2n) is 6.33. The second kappa shape index (κ2) is 7.24. The van der Waals surface area contributed by atoms with Crippen molar-refractivity contribution in [1.29, 1.82) is 0 Å². The minimum atomic E-state index is -0.482. The van der Waals surface area contributed by atoms with Crippen LogP contribution in [-0.2, 0) is 16.1 Å². The predicted molar refractivity (Wildman–Crippen MR) is 82.7 cm³/mol. The van der Waals surface area contributed by atoms with Crippen molar-refractivity contribution in [2.75, 3.05) is 13.2 Å². The number of ether oxygens (including phenoxy) is 2. The maximum absolute atomic E-state index is 12.2. The molecule has 1 aromatic rings. The zero-order valence-electron chi connectivity index (χ0n) is 13.2. The van der Waals surface area contributed by atoms with Crippen LogP contribution in [0, 0.1) is 0 Å². The molecule has 0 spiro atoms. The van der Waals surface area contributed by atoms with E-state index in [2.05, 4.69) is 10.2 Å². The highest BCUT2D eigenvalue weighted by Crippen LogP contribution is 2.21. The van der Waals surface area contributed by atoms with Crippen LogP contribution in [0.3, 0.4) is 0 Å². The summed E-state index contributed by atoms with van der Waals surface area (Å²) in [6, 6.07) is 3.50. The first-order chi connectivity index (χ1) is 10.3. The van der Waals surface area contributed by atoms with Gasteiger partial charge in [-0.1, -0.05) is 11.6 Å². The molecule has 122 valence electrons. The quantitative estimate of drug-likeness (QED) is 0.850. The highest BCUT2D eigenvalue weighted by molar-refractivity contribution is 6.29. The third-order valence-electron chi connectivity index (χ3n) is 3.25. The molecule has 0 aromatic carbocycles. The Morgan fingerprint density at radius 3 is 2.82 bits per heavy atom. The Hall–Kier alpha value is -1.40. The van der Waals surface area contributed by atoms with Crippen LogP contribution >= 0.6 is 11.6 Å². The van der Waals surface area contributed by atoms with Crippen molar-refractivity contribution in [3.63, 3.8) is 0 Å². The summed E-state index contributed by atoms with van der Waals surface area (Å²) < 4.78 is 11.1. The lowest BCUT2D eigenvalue weighted by Gasteiger charge is -2.28. The molecule has 1 saturated heterocycles. The number of carbonyl (C=O) groups is 1. The summed E-state index contributed by atoms with van der Waals surface area (Å²) in [6.45, 7) is 7.12. The molecule has 7 heteroatoms. The number of likely N-dealkylation sites (tertiary alicyclic amines) is 1. The van der Waals surface area contributed by atoms with Gasteiger partial charge >= 0.3 is 6.09 Å². The zero-order chi connectivity index (χ0) is 16.2. The first-order valence-corrected chi connectivity index (χ1v) is 7.78. The molecule has 0 radical (unpaired) electrons. The van der Waals surface area contributed by atoms with Crippen LogP contribution in [0.2, 0.25) is 5.15 Å². The molecule has 1 aliphatic rings. The molecule has 1 aliphatic heterocycles. The number of hydrogen-bond donors (Lipinski definition) is 0. The van der Waals surface area contributed by atoms with Gasteiger partial charge in [-0.25, -0.2) is 4.79 Å². The molecule has 1 aromatic heterocycles. The summed E-state index contributed by atoms with van der Waals surface area (Å²) in [4.78, 5) is 13.9. The maximum atomic E-state index is 12.2. The summed E-state index contributed by atoms with van der Waals surface area (Å²) >= 11 is 5.68. The molecule has 6 nitrogen and oxygen atoms in total. The van der Waals surface area contributed by atoms with E-state index in [1.54, 1.807) is 17.0 Å². The van der Waals surface area contributed by atoms with Gasteiger partial charge in [-0.2, -0.15) is 5.10 Å². The lowest BCUT2D eigenvalue weighted by molar-refractivity contribution is 0.00850. The zero-order valence-corrected chi connectivity index (χ0v) is 14.0. The molecule has 1 fully saturated rings. The van der Waals surface area contributed by atoms with Gasteiger partial charge in [-0.15, -0.1) is 5.10 Å². The minimum absolute atomic E-state index is 0.0510. The third kappa shape index (κ3) is 5.10. The van der Waals surface area contributed by atoms with E-state index in [-0.39, 0.29) is 12.1 Å². The first kappa shape index (κ1) is 17.0. The molecule has 2 rings (SSSR count). The fraction of sp³-hybridized carbons (Fsp3) is 0.667. The van der Waals surface area contributed by atoms with Crippen molar-refractivity contribution in [2.24, 2.45) is 0 Å². The molecule has 2 heterocycles. The topological polar surface area (TPSA) is 64.5 Å². The van der Waals surface area contributed by atoms with Gasteiger partial charge in [0.2, 0.25) is 0 Å². The van der Waals surface area contributed by atoms with Gasteiger partial charge in [-0.05, 0) is 45.7 Å². The van der Waals surface area contributed by atoms with Crippen molar-refractivity contribution < 1.29 is 14.3 Å². The Labute approximate surface area is 135 Å². The number of hydrogen-bond acceptors (Lipinski definition) is 5. The highest BCUT2D eigenvalue weighted by atomic mass is 35.5. The normalized spacial score (nSPS) is 18.5. The van der Waals surface area contributed by atoms with Gasteiger partial charge in [-0.3, -0.25) is 0 Å². The predicted octanol–water partition coefficient (Wildman–Crippen LogP) is 3.05. The van der Waals surface area contributed by atoms with Crippen molar-refractivity contribution in [2.45, 2.75) is 51.9 Å². The molecular formula is C15H22ClN3O3. The van der Waals surface area contributed by atoms with Crippen LogP contribution < -0.4 is 0 Å². The van der Waals surface area contributed by atoms with Crippen LogP contribution in [0.4, 0.5) is 4.79 Å². The van der Waals surface area contributed by atoms with Crippen molar-refractivity contribution in [3.8, 4) is 0 Å². The number of nitrogens with zero attached hydrogens (tertiary/aromatic N) is 3. The molecule has 0 saturated carbocycles. The van der Waals surface area contributed by atoms with Crippen LogP contribution in [-0.4, -0.2) is 46.0 Å². The SMILES string of the molecule is CC(C)(C)OC(=O)N1CCC[C@@H]1COCc1ccc(Cl)nn1. The van der Waals surface area contributed by atoms with E-state index in [1.165, 1.54) is 0 Å². The number of amides is 1. The van der Waals surface area contributed by atoms with E-state index >= 15 is 0 Å². The van der Waals surface area contributed by atoms with Crippen LogP contribution in [0.25, 0.3) is 0 Å². The van der Waals surface area contributed by atoms with Crippen molar-refractivity contribution in [1.82, 2.24) is 15.1 Å². The Morgan fingerprint density at radius 1 is 1.41 bits per heavy atom. The van der Waals surface area contributed by atoms with E-state index in [0.717, 1.165) is 12.8 Å². The molecule has 1 atom stereocenters. The lowest BCUT2D eigenvalue weighted by Crippen LogP contribution is -2.41. The van der Waals surface area contributed by atoms with E-state index in [4.69, 9.17) is 21.1 Å². The summed E-state index contributed by atoms with van der Waals surface area (Å²) in [5, 5.41) is 8.05. The summed E-state index contributed by atoms with van der Waals surface area (Å²) in [7, 11) is 0. The van der Waals surface area contributed by atoms with E-state index in [0.29, 0.717) is 30.6 Å². The lowest BCUT2D eigenvalue weighted by atomic mass is 10.2. The Morgan fingerprint density at radius 2 is 2.18 bits per heavy atom. The fourth-order valence-corrected chi connectivity index (χ4v) is 2.39. The van der Waals surface area contributed by atoms with Crippen LogP contribution in [0.1, 0.15) is 39.3 Å². The van der Waals surface area contributed by atoms with Crippen molar-refractivity contribution >= 4 is 17.7 Å². The molecule has 22 heavy (non-hydrogen) atoms. The van der Waals surface area contributed by atoms with E-state index in [9.17, 15) is 4.79 Å². The molecular weight excluding hydrogens is 306 g/mol. The summed E-state index contributed by atoms with van der Waals surface area (Å²) in [5.41, 5.74) is 0.232.